The van der Waals surface area contributed by atoms with E-state index in [4.69, 9.17) is 21.1 Å². The maximum atomic E-state index is 12.7. The fraction of sp³-hybridized carbons (Fsp3) is 0.278. The van der Waals surface area contributed by atoms with E-state index in [0.29, 0.717) is 23.0 Å². The fourth-order valence-corrected chi connectivity index (χ4v) is 4.19. The first-order valence-electron chi connectivity index (χ1n) is 7.79. The molecule has 1 atom stereocenters. The smallest absolute Gasteiger partial charge is 0.323 e. The molecule has 0 spiro atoms. The number of amides is 2. The topological polar surface area (TPSA) is 50.8 Å². The van der Waals surface area contributed by atoms with Crippen LogP contribution in [0.1, 0.15) is 10.9 Å². The molecule has 0 radical (unpaired) electrons. The van der Waals surface area contributed by atoms with Crippen LogP contribution in [0.2, 0.25) is 5.02 Å². The summed E-state index contributed by atoms with van der Waals surface area (Å²) >= 11 is 7.69. The molecule has 5 nitrogen and oxygen atoms in total. The summed E-state index contributed by atoms with van der Waals surface area (Å²) in [5.41, 5.74) is 1.63. The van der Waals surface area contributed by atoms with Gasteiger partial charge in [0.2, 0.25) is 0 Å². The summed E-state index contributed by atoms with van der Waals surface area (Å²) in [6, 6.07) is 12.6. The average Bonchev–Trinajstić information content (AvgIpc) is 3.10. The van der Waals surface area contributed by atoms with Crippen LogP contribution in [-0.4, -0.2) is 37.4 Å². The predicted octanol–water partition coefficient (Wildman–Crippen LogP) is 4.64. The molecule has 1 heterocycles. The highest BCUT2D eigenvalue weighted by Gasteiger charge is 2.32. The number of nitrogens with zero attached hydrogens (tertiary/aromatic N) is 1. The van der Waals surface area contributed by atoms with E-state index < -0.39 is 0 Å². The van der Waals surface area contributed by atoms with Gasteiger partial charge in [0.15, 0.2) is 0 Å². The van der Waals surface area contributed by atoms with Crippen LogP contribution in [0.3, 0.4) is 0 Å². The predicted molar refractivity (Wildman–Crippen MR) is 102 cm³/mol. The van der Waals surface area contributed by atoms with Crippen molar-refractivity contribution in [2.75, 3.05) is 31.8 Å². The number of ether oxygens (including phenoxy) is 2. The molecule has 0 aliphatic carbocycles. The Kier molecular flexibility index (Phi) is 5.60. The zero-order chi connectivity index (χ0) is 17.8. The average molecular weight is 379 g/mol. The molecule has 3 rings (SSSR count). The third-order valence-electron chi connectivity index (χ3n) is 3.93. The highest BCUT2D eigenvalue weighted by atomic mass is 35.5. The maximum absolute atomic E-state index is 12.7. The van der Waals surface area contributed by atoms with Crippen molar-refractivity contribution in [1.82, 2.24) is 4.90 Å². The molecule has 2 aromatic rings. The minimum Gasteiger partial charge on any atom is -0.497 e. The Balaban J connectivity index is 1.81. The number of hydrogen-bond donors (Lipinski definition) is 1. The van der Waals surface area contributed by atoms with Crippen molar-refractivity contribution in [2.45, 2.75) is 5.37 Å². The number of rotatable bonds is 4. The van der Waals surface area contributed by atoms with E-state index in [9.17, 15) is 4.79 Å². The van der Waals surface area contributed by atoms with Crippen molar-refractivity contribution in [3.05, 3.63) is 53.1 Å². The van der Waals surface area contributed by atoms with Crippen LogP contribution in [0.4, 0.5) is 10.5 Å². The molecule has 0 bridgehead atoms. The highest BCUT2D eigenvalue weighted by Crippen LogP contribution is 2.43. The summed E-state index contributed by atoms with van der Waals surface area (Å²) in [5.74, 6) is 2.29. The Morgan fingerprint density at radius 1 is 1.24 bits per heavy atom. The molecule has 25 heavy (non-hydrogen) atoms. The lowest BCUT2D eigenvalue weighted by molar-refractivity contribution is 0.213. The molecule has 0 aromatic heterocycles. The van der Waals surface area contributed by atoms with E-state index in [-0.39, 0.29) is 11.4 Å². The molecule has 0 saturated carbocycles. The Morgan fingerprint density at radius 2 is 2.08 bits per heavy atom. The van der Waals surface area contributed by atoms with Gasteiger partial charge in [-0.3, -0.25) is 0 Å². The van der Waals surface area contributed by atoms with Crippen molar-refractivity contribution in [2.24, 2.45) is 0 Å². The number of nitrogens with one attached hydrogen (secondary N) is 1. The lowest BCUT2D eigenvalue weighted by atomic mass is 10.1. The van der Waals surface area contributed by atoms with Gasteiger partial charge in [-0.1, -0.05) is 17.7 Å². The molecule has 1 saturated heterocycles. The van der Waals surface area contributed by atoms with E-state index in [1.807, 2.05) is 24.3 Å². The van der Waals surface area contributed by atoms with E-state index in [2.05, 4.69) is 5.32 Å². The number of hydrogen-bond acceptors (Lipinski definition) is 4. The molecule has 1 aliphatic rings. The van der Waals surface area contributed by atoms with Crippen molar-refractivity contribution in [1.29, 1.82) is 0 Å². The van der Waals surface area contributed by atoms with Gasteiger partial charge in [0.1, 0.15) is 16.9 Å². The summed E-state index contributed by atoms with van der Waals surface area (Å²) in [4.78, 5) is 14.5. The first-order valence-corrected chi connectivity index (χ1v) is 9.22. The van der Waals surface area contributed by atoms with Crippen LogP contribution in [0.5, 0.6) is 11.5 Å². The molecular weight excluding hydrogens is 360 g/mol. The van der Waals surface area contributed by atoms with Gasteiger partial charge in [0.25, 0.3) is 0 Å². The fourth-order valence-electron chi connectivity index (χ4n) is 2.72. The Bertz CT molecular complexity index is 772. The SMILES string of the molecule is COc1ccc([C@@H]2SCCN2C(=O)Nc2cccc(Cl)c2)c(OC)c1. The Labute approximate surface area is 156 Å². The van der Waals surface area contributed by atoms with Gasteiger partial charge in [0.05, 0.1) is 14.2 Å². The van der Waals surface area contributed by atoms with E-state index in [1.54, 1.807) is 49.1 Å². The van der Waals surface area contributed by atoms with Crippen LogP contribution >= 0.6 is 23.4 Å². The van der Waals surface area contributed by atoms with E-state index in [0.717, 1.165) is 17.1 Å². The van der Waals surface area contributed by atoms with Gasteiger partial charge in [-0.2, -0.15) is 0 Å². The third kappa shape index (κ3) is 3.96. The number of anilines is 1. The minimum atomic E-state index is -0.157. The van der Waals surface area contributed by atoms with Crippen LogP contribution in [0, 0.1) is 0 Å². The lowest BCUT2D eigenvalue weighted by Crippen LogP contribution is -2.34. The molecule has 132 valence electrons. The lowest BCUT2D eigenvalue weighted by Gasteiger charge is -2.26. The minimum absolute atomic E-state index is 0.111. The number of benzene rings is 2. The zero-order valence-corrected chi connectivity index (χ0v) is 15.6. The van der Waals surface area contributed by atoms with Crippen LogP contribution < -0.4 is 14.8 Å². The number of urea groups is 1. The molecule has 0 unspecified atom stereocenters. The molecule has 1 fully saturated rings. The molecule has 7 heteroatoms. The van der Waals surface area contributed by atoms with Gasteiger partial charge in [-0.25, -0.2) is 4.79 Å². The van der Waals surface area contributed by atoms with Crippen molar-refractivity contribution in [3.63, 3.8) is 0 Å². The Hall–Kier alpha value is -2.05. The first kappa shape index (κ1) is 17.8. The van der Waals surface area contributed by atoms with Crippen molar-refractivity contribution in [3.8, 4) is 11.5 Å². The zero-order valence-electron chi connectivity index (χ0n) is 14.0. The quantitative estimate of drug-likeness (QED) is 0.842. The third-order valence-corrected chi connectivity index (χ3v) is 5.41. The first-order chi connectivity index (χ1) is 12.1. The summed E-state index contributed by atoms with van der Waals surface area (Å²) in [6.45, 7) is 0.664. The maximum Gasteiger partial charge on any atom is 0.323 e. The molecule has 1 aliphatic heterocycles. The summed E-state index contributed by atoms with van der Waals surface area (Å²) in [5, 5.41) is 3.38. The number of halogens is 1. The number of carbonyl (C=O) groups excluding carboxylic acids is 1. The van der Waals surface area contributed by atoms with E-state index >= 15 is 0 Å². The second kappa shape index (κ2) is 7.89. The largest absolute Gasteiger partial charge is 0.497 e. The number of methoxy groups -OCH3 is 2. The van der Waals surface area contributed by atoms with Gasteiger partial charge in [-0.15, -0.1) is 11.8 Å². The molecule has 1 N–H and O–H groups in total. The normalized spacial score (nSPS) is 16.6. The second-order valence-corrected chi connectivity index (χ2v) is 7.09. The Morgan fingerprint density at radius 3 is 2.80 bits per heavy atom. The second-order valence-electron chi connectivity index (χ2n) is 5.46. The summed E-state index contributed by atoms with van der Waals surface area (Å²) < 4.78 is 10.7. The van der Waals surface area contributed by atoms with Gasteiger partial charge in [0, 0.05) is 34.6 Å². The van der Waals surface area contributed by atoms with Crippen molar-refractivity contribution < 1.29 is 14.3 Å². The van der Waals surface area contributed by atoms with Gasteiger partial charge in [-0.05, 0) is 30.3 Å². The number of thioether (sulfide) groups is 1. The van der Waals surface area contributed by atoms with Crippen LogP contribution in [0.25, 0.3) is 0 Å². The van der Waals surface area contributed by atoms with Gasteiger partial charge >= 0.3 is 6.03 Å². The van der Waals surface area contributed by atoms with E-state index in [1.165, 1.54) is 0 Å². The number of carbonyl (C=O) groups is 1. The molecular formula is C18H19ClN2O3S. The molecule has 2 aromatic carbocycles. The van der Waals surface area contributed by atoms with Crippen LogP contribution in [-0.2, 0) is 0 Å². The summed E-state index contributed by atoms with van der Waals surface area (Å²) in [6.07, 6.45) is 0. The molecule has 2 amide bonds. The monoisotopic (exact) mass is 378 g/mol. The summed E-state index contributed by atoms with van der Waals surface area (Å²) in [7, 11) is 3.23. The van der Waals surface area contributed by atoms with Gasteiger partial charge < -0.3 is 19.7 Å². The van der Waals surface area contributed by atoms with Crippen molar-refractivity contribution >= 4 is 35.1 Å². The highest BCUT2D eigenvalue weighted by molar-refractivity contribution is 7.99. The van der Waals surface area contributed by atoms with Crippen LogP contribution in [0.15, 0.2) is 42.5 Å². The standard InChI is InChI=1S/C18H19ClN2O3S/c1-23-14-6-7-15(16(11-14)24-2)17-21(8-9-25-17)18(22)20-13-5-3-4-12(19)10-13/h3-7,10-11,17H,8-9H2,1-2H3,(H,20,22)/t17-/m0/s1.